The molecule has 0 aliphatic heterocycles. The van der Waals surface area contributed by atoms with Crippen molar-refractivity contribution in [2.24, 2.45) is 0 Å². The summed E-state index contributed by atoms with van der Waals surface area (Å²) >= 11 is 6.10. The Labute approximate surface area is 156 Å². The minimum Gasteiger partial charge on any atom is -0.497 e. The SMILES string of the molecule is CCn1cc(C(=O)Nc2cccc(Cl)c2C)c(=O)c2cc(OC)ccc21. The van der Waals surface area contributed by atoms with Crippen LogP contribution in [0.25, 0.3) is 10.9 Å². The Morgan fingerprint density at radius 2 is 2.04 bits per heavy atom. The predicted molar refractivity (Wildman–Crippen MR) is 105 cm³/mol. The molecule has 0 aliphatic rings. The number of ether oxygens (including phenoxy) is 1. The molecule has 6 heteroatoms. The van der Waals surface area contributed by atoms with Crippen LogP contribution in [0.3, 0.4) is 0 Å². The highest BCUT2D eigenvalue weighted by atomic mass is 35.5. The minimum atomic E-state index is -0.465. The van der Waals surface area contributed by atoms with E-state index in [0.29, 0.717) is 28.4 Å². The number of halogens is 1. The summed E-state index contributed by atoms with van der Waals surface area (Å²) in [6.45, 7) is 4.39. The maximum Gasteiger partial charge on any atom is 0.261 e. The molecule has 0 spiro atoms. The first kappa shape index (κ1) is 18.0. The standard InChI is InChI=1S/C20H19ClN2O3/c1-4-23-11-15(19(24)14-10-13(26-3)8-9-18(14)23)20(25)22-17-7-5-6-16(21)12(17)2/h5-11H,4H2,1-3H3,(H,22,25). The van der Waals surface area contributed by atoms with Gasteiger partial charge < -0.3 is 14.6 Å². The highest BCUT2D eigenvalue weighted by Crippen LogP contribution is 2.24. The lowest BCUT2D eigenvalue weighted by molar-refractivity contribution is 0.102. The summed E-state index contributed by atoms with van der Waals surface area (Å²) in [4.78, 5) is 25.7. The molecule has 1 aromatic heterocycles. The summed E-state index contributed by atoms with van der Waals surface area (Å²) in [7, 11) is 1.54. The Balaban J connectivity index is 2.12. The minimum absolute atomic E-state index is 0.0759. The van der Waals surface area contributed by atoms with Crippen LogP contribution in [-0.2, 0) is 6.54 Å². The Morgan fingerprint density at radius 1 is 1.27 bits per heavy atom. The highest BCUT2D eigenvalue weighted by Gasteiger charge is 2.17. The monoisotopic (exact) mass is 370 g/mol. The first-order valence-corrected chi connectivity index (χ1v) is 8.61. The zero-order valence-corrected chi connectivity index (χ0v) is 15.6. The van der Waals surface area contributed by atoms with Gasteiger partial charge >= 0.3 is 0 Å². The van der Waals surface area contributed by atoms with Gasteiger partial charge in [-0.3, -0.25) is 9.59 Å². The number of hydrogen-bond donors (Lipinski definition) is 1. The van der Waals surface area contributed by atoms with Crippen molar-refractivity contribution < 1.29 is 9.53 Å². The number of pyridine rings is 1. The lowest BCUT2D eigenvalue weighted by Gasteiger charge is -2.13. The molecule has 0 radical (unpaired) electrons. The fourth-order valence-corrected chi connectivity index (χ4v) is 3.03. The molecule has 3 rings (SSSR count). The van der Waals surface area contributed by atoms with Crippen LogP contribution in [-0.4, -0.2) is 17.6 Å². The number of amides is 1. The molecule has 0 saturated carbocycles. The molecule has 0 aliphatic carbocycles. The van der Waals surface area contributed by atoms with Gasteiger partial charge in [-0.2, -0.15) is 0 Å². The summed E-state index contributed by atoms with van der Waals surface area (Å²) in [6, 6.07) is 10.5. The van der Waals surface area contributed by atoms with Crippen LogP contribution in [0.4, 0.5) is 5.69 Å². The van der Waals surface area contributed by atoms with Crippen LogP contribution in [0.1, 0.15) is 22.8 Å². The highest BCUT2D eigenvalue weighted by molar-refractivity contribution is 6.31. The molecule has 0 unspecified atom stereocenters. The maximum absolute atomic E-state index is 12.9. The maximum atomic E-state index is 12.9. The van der Waals surface area contributed by atoms with Crippen molar-refractivity contribution in [3.8, 4) is 5.75 Å². The molecule has 134 valence electrons. The van der Waals surface area contributed by atoms with E-state index in [0.717, 1.165) is 11.1 Å². The van der Waals surface area contributed by atoms with Crippen LogP contribution < -0.4 is 15.5 Å². The van der Waals surface area contributed by atoms with E-state index < -0.39 is 5.91 Å². The van der Waals surface area contributed by atoms with Crippen molar-refractivity contribution in [1.29, 1.82) is 0 Å². The number of hydrogen-bond acceptors (Lipinski definition) is 3. The number of benzene rings is 2. The van der Waals surface area contributed by atoms with Crippen LogP contribution in [0.15, 0.2) is 47.4 Å². The fourth-order valence-electron chi connectivity index (χ4n) is 2.86. The van der Waals surface area contributed by atoms with Crippen LogP contribution in [0.5, 0.6) is 5.75 Å². The molecule has 0 fully saturated rings. The van der Waals surface area contributed by atoms with Gasteiger partial charge in [0, 0.05) is 23.5 Å². The largest absolute Gasteiger partial charge is 0.497 e. The zero-order valence-electron chi connectivity index (χ0n) is 14.8. The number of methoxy groups -OCH3 is 1. The van der Waals surface area contributed by atoms with Crippen molar-refractivity contribution in [2.45, 2.75) is 20.4 Å². The molecule has 1 heterocycles. The zero-order chi connectivity index (χ0) is 18.8. The number of fused-ring (bicyclic) bond motifs is 1. The van der Waals surface area contributed by atoms with Gasteiger partial charge in [-0.1, -0.05) is 17.7 Å². The summed E-state index contributed by atoms with van der Waals surface area (Å²) < 4.78 is 7.08. The molecular weight excluding hydrogens is 352 g/mol. The van der Waals surface area contributed by atoms with E-state index in [1.165, 1.54) is 7.11 Å². The molecule has 1 amide bonds. The summed E-state index contributed by atoms with van der Waals surface area (Å²) in [5.41, 5.74) is 1.83. The quantitative estimate of drug-likeness (QED) is 0.747. The smallest absolute Gasteiger partial charge is 0.261 e. The van der Waals surface area contributed by atoms with Crippen molar-refractivity contribution in [2.75, 3.05) is 12.4 Å². The number of carbonyl (C=O) groups excluding carboxylic acids is 1. The van der Waals surface area contributed by atoms with Gasteiger partial charge in [-0.15, -0.1) is 0 Å². The third-order valence-corrected chi connectivity index (χ3v) is 4.80. The van der Waals surface area contributed by atoms with E-state index in [1.54, 1.807) is 36.5 Å². The van der Waals surface area contributed by atoms with Crippen molar-refractivity contribution in [3.05, 3.63) is 69.0 Å². The third kappa shape index (κ3) is 3.18. The van der Waals surface area contributed by atoms with Gasteiger partial charge in [0.05, 0.1) is 18.0 Å². The number of nitrogens with zero attached hydrogens (tertiary/aromatic N) is 1. The van der Waals surface area contributed by atoms with E-state index >= 15 is 0 Å². The van der Waals surface area contributed by atoms with E-state index in [2.05, 4.69) is 5.32 Å². The first-order valence-electron chi connectivity index (χ1n) is 8.24. The van der Waals surface area contributed by atoms with Gasteiger partial charge in [0.15, 0.2) is 0 Å². The molecule has 3 aromatic rings. The van der Waals surface area contributed by atoms with Crippen molar-refractivity contribution >= 4 is 34.1 Å². The lowest BCUT2D eigenvalue weighted by atomic mass is 10.1. The molecule has 1 N–H and O–H groups in total. The molecule has 5 nitrogen and oxygen atoms in total. The molecule has 0 atom stereocenters. The molecule has 26 heavy (non-hydrogen) atoms. The van der Waals surface area contributed by atoms with Crippen LogP contribution in [0, 0.1) is 6.92 Å². The molecule has 0 saturated heterocycles. The van der Waals surface area contributed by atoms with Crippen LogP contribution >= 0.6 is 11.6 Å². The van der Waals surface area contributed by atoms with Gasteiger partial charge in [-0.05, 0) is 49.7 Å². The Morgan fingerprint density at radius 3 is 2.73 bits per heavy atom. The average Bonchev–Trinajstić information content (AvgIpc) is 2.65. The third-order valence-electron chi connectivity index (χ3n) is 4.39. The second-order valence-electron chi connectivity index (χ2n) is 5.91. The average molecular weight is 371 g/mol. The van der Waals surface area contributed by atoms with Gasteiger partial charge in [0.2, 0.25) is 5.43 Å². The van der Waals surface area contributed by atoms with E-state index in [1.807, 2.05) is 24.5 Å². The normalized spacial score (nSPS) is 10.8. The summed E-state index contributed by atoms with van der Waals surface area (Å²) in [6.07, 6.45) is 1.59. The fraction of sp³-hybridized carbons (Fsp3) is 0.200. The Hall–Kier alpha value is -2.79. The number of aromatic nitrogens is 1. The summed E-state index contributed by atoms with van der Waals surface area (Å²) in [5, 5.41) is 3.78. The lowest BCUT2D eigenvalue weighted by Crippen LogP contribution is -2.24. The van der Waals surface area contributed by atoms with E-state index in [-0.39, 0.29) is 11.0 Å². The second kappa shape index (κ2) is 7.22. The number of aryl methyl sites for hydroxylation is 1. The predicted octanol–water partition coefficient (Wildman–Crippen LogP) is 4.24. The molecule has 2 aromatic carbocycles. The number of anilines is 1. The van der Waals surface area contributed by atoms with Gasteiger partial charge in [0.25, 0.3) is 5.91 Å². The molecule has 0 bridgehead atoms. The number of nitrogens with one attached hydrogen (secondary N) is 1. The van der Waals surface area contributed by atoms with Gasteiger partial charge in [0.1, 0.15) is 11.3 Å². The van der Waals surface area contributed by atoms with E-state index in [9.17, 15) is 9.59 Å². The first-order chi connectivity index (χ1) is 12.5. The number of carbonyl (C=O) groups is 1. The molecular formula is C20H19ClN2O3. The Bertz CT molecular complexity index is 1060. The summed E-state index contributed by atoms with van der Waals surface area (Å²) in [5.74, 6) is 0.104. The topological polar surface area (TPSA) is 60.3 Å². The second-order valence-corrected chi connectivity index (χ2v) is 6.31. The van der Waals surface area contributed by atoms with Crippen molar-refractivity contribution in [3.63, 3.8) is 0 Å². The van der Waals surface area contributed by atoms with E-state index in [4.69, 9.17) is 16.3 Å². The Kier molecular flexibility index (Phi) is 5.00. The number of rotatable bonds is 4. The van der Waals surface area contributed by atoms with Gasteiger partial charge in [-0.25, -0.2) is 0 Å². The van der Waals surface area contributed by atoms with Crippen LogP contribution in [0.2, 0.25) is 5.02 Å². The van der Waals surface area contributed by atoms with Crippen molar-refractivity contribution in [1.82, 2.24) is 4.57 Å².